The number of aromatic amines is 1. The quantitative estimate of drug-likeness (QED) is 0.606. The molecule has 0 spiro atoms. The normalized spacial score (nSPS) is 10.9. The summed E-state index contributed by atoms with van der Waals surface area (Å²) >= 11 is 0. The zero-order valence-corrected chi connectivity index (χ0v) is 13.3. The van der Waals surface area contributed by atoms with E-state index in [1.807, 2.05) is 54.6 Å². The van der Waals surface area contributed by atoms with Gasteiger partial charge in [-0.25, -0.2) is 0 Å². The molecule has 0 radical (unpaired) electrons. The van der Waals surface area contributed by atoms with Gasteiger partial charge in [-0.2, -0.15) is 0 Å². The monoisotopic (exact) mass is 329 g/mol. The van der Waals surface area contributed by atoms with Crippen molar-refractivity contribution in [3.8, 4) is 0 Å². The summed E-state index contributed by atoms with van der Waals surface area (Å²) in [5, 5.41) is 4.65. The summed E-state index contributed by atoms with van der Waals surface area (Å²) in [4.78, 5) is 31.6. The van der Waals surface area contributed by atoms with E-state index in [1.54, 1.807) is 12.3 Å². The molecule has 0 bridgehead atoms. The van der Waals surface area contributed by atoms with E-state index >= 15 is 0 Å². The number of fused-ring (bicyclic) bond motifs is 2. The van der Waals surface area contributed by atoms with Crippen molar-refractivity contribution in [3.05, 3.63) is 82.8 Å². The number of hydrogen-bond acceptors (Lipinski definition) is 3. The minimum Gasteiger partial charge on any atom is -0.324 e. The van der Waals surface area contributed by atoms with E-state index in [1.165, 1.54) is 0 Å². The molecule has 2 aromatic carbocycles. The van der Waals surface area contributed by atoms with Crippen molar-refractivity contribution in [1.82, 2.24) is 9.97 Å². The van der Waals surface area contributed by atoms with Gasteiger partial charge in [0.15, 0.2) is 0 Å². The number of benzene rings is 2. The molecule has 0 saturated carbocycles. The zero-order chi connectivity index (χ0) is 17.2. The number of pyridine rings is 2. The van der Waals surface area contributed by atoms with Crippen LogP contribution in [-0.2, 0) is 11.2 Å². The van der Waals surface area contributed by atoms with Gasteiger partial charge in [0.2, 0.25) is 5.91 Å². The average Bonchev–Trinajstić information content (AvgIpc) is 2.62. The van der Waals surface area contributed by atoms with Crippen molar-refractivity contribution < 1.29 is 4.79 Å². The third kappa shape index (κ3) is 3.12. The van der Waals surface area contributed by atoms with Gasteiger partial charge >= 0.3 is 0 Å². The number of hydrogen-bond donors (Lipinski definition) is 2. The fourth-order valence-corrected chi connectivity index (χ4v) is 2.84. The third-order valence-electron chi connectivity index (χ3n) is 4.06. The Kier molecular flexibility index (Phi) is 3.74. The van der Waals surface area contributed by atoms with Gasteiger partial charge in [-0.1, -0.05) is 36.4 Å². The van der Waals surface area contributed by atoms with Gasteiger partial charge in [0.1, 0.15) is 0 Å². The highest BCUT2D eigenvalue weighted by atomic mass is 16.2. The van der Waals surface area contributed by atoms with Crippen molar-refractivity contribution >= 4 is 33.4 Å². The molecule has 0 saturated heterocycles. The highest BCUT2D eigenvalue weighted by molar-refractivity contribution is 5.94. The summed E-state index contributed by atoms with van der Waals surface area (Å²) in [7, 11) is 0. The van der Waals surface area contributed by atoms with Crippen LogP contribution in [0.15, 0.2) is 71.7 Å². The van der Waals surface area contributed by atoms with Gasteiger partial charge in [0, 0.05) is 16.5 Å². The minimum atomic E-state index is -0.252. The first-order chi connectivity index (χ1) is 12.2. The highest BCUT2D eigenvalue weighted by Gasteiger charge is 2.09. The van der Waals surface area contributed by atoms with Crippen LogP contribution in [0, 0.1) is 0 Å². The van der Waals surface area contributed by atoms with Crippen molar-refractivity contribution in [2.75, 3.05) is 5.32 Å². The molecule has 25 heavy (non-hydrogen) atoms. The Bertz CT molecular complexity index is 1150. The van der Waals surface area contributed by atoms with Crippen molar-refractivity contribution in [2.24, 2.45) is 0 Å². The van der Waals surface area contributed by atoms with Gasteiger partial charge in [0.25, 0.3) is 5.56 Å². The maximum atomic E-state index is 12.3. The van der Waals surface area contributed by atoms with Crippen LogP contribution in [0.25, 0.3) is 21.8 Å². The second kappa shape index (κ2) is 6.20. The van der Waals surface area contributed by atoms with Gasteiger partial charge in [-0.05, 0) is 29.7 Å². The Labute approximate surface area is 143 Å². The van der Waals surface area contributed by atoms with Crippen LogP contribution < -0.4 is 10.9 Å². The fraction of sp³-hybridized carbons (Fsp3) is 0.0500. The molecule has 4 aromatic rings. The topological polar surface area (TPSA) is 74.8 Å². The van der Waals surface area contributed by atoms with Crippen LogP contribution in [0.5, 0.6) is 0 Å². The fourth-order valence-electron chi connectivity index (χ4n) is 2.84. The van der Waals surface area contributed by atoms with Gasteiger partial charge in [-0.15, -0.1) is 0 Å². The van der Waals surface area contributed by atoms with Crippen LogP contribution in [0.2, 0.25) is 0 Å². The van der Waals surface area contributed by atoms with E-state index in [0.29, 0.717) is 11.3 Å². The third-order valence-corrected chi connectivity index (χ3v) is 4.06. The molecule has 2 aromatic heterocycles. The van der Waals surface area contributed by atoms with Crippen molar-refractivity contribution in [1.29, 1.82) is 0 Å². The van der Waals surface area contributed by atoms with Gasteiger partial charge < -0.3 is 10.3 Å². The van der Waals surface area contributed by atoms with E-state index in [4.69, 9.17) is 0 Å². The molecule has 2 heterocycles. The molecule has 0 fully saturated rings. The summed E-state index contributed by atoms with van der Waals surface area (Å²) in [6.45, 7) is 0. The highest BCUT2D eigenvalue weighted by Crippen LogP contribution is 2.16. The SMILES string of the molecule is O=C(Cc1cc2ccccc2[nH]c1=O)Nc1cnc2ccccc2c1. The summed E-state index contributed by atoms with van der Waals surface area (Å²) in [5.41, 5.74) is 2.43. The van der Waals surface area contributed by atoms with Gasteiger partial charge in [-0.3, -0.25) is 14.6 Å². The predicted octanol–water partition coefficient (Wildman–Crippen LogP) is 3.26. The molecule has 122 valence electrons. The Morgan fingerprint density at radius 3 is 2.64 bits per heavy atom. The zero-order valence-electron chi connectivity index (χ0n) is 13.3. The molecule has 0 unspecified atom stereocenters. The first-order valence-electron chi connectivity index (χ1n) is 7.95. The van der Waals surface area contributed by atoms with Crippen LogP contribution in [-0.4, -0.2) is 15.9 Å². The number of nitrogens with one attached hydrogen (secondary N) is 2. The number of H-pyrrole nitrogens is 1. The number of rotatable bonds is 3. The Balaban J connectivity index is 1.57. The van der Waals surface area contributed by atoms with Crippen molar-refractivity contribution in [3.63, 3.8) is 0 Å². The summed E-state index contributed by atoms with van der Waals surface area (Å²) in [6, 6.07) is 18.8. The van der Waals surface area contributed by atoms with E-state index in [0.717, 1.165) is 21.8 Å². The Morgan fingerprint density at radius 2 is 1.76 bits per heavy atom. The lowest BCUT2D eigenvalue weighted by Gasteiger charge is -2.07. The number of aromatic nitrogens is 2. The van der Waals surface area contributed by atoms with Gasteiger partial charge in [0.05, 0.1) is 23.8 Å². The minimum absolute atomic E-state index is 0.00694. The van der Waals surface area contributed by atoms with Crippen LogP contribution in [0.3, 0.4) is 0 Å². The average molecular weight is 329 g/mol. The molecule has 0 aliphatic heterocycles. The van der Waals surface area contributed by atoms with Crippen LogP contribution >= 0.6 is 0 Å². The number of anilines is 1. The lowest BCUT2D eigenvalue weighted by atomic mass is 10.1. The number of nitrogens with zero attached hydrogens (tertiary/aromatic N) is 1. The maximum Gasteiger partial charge on any atom is 0.252 e. The smallest absolute Gasteiger partial charge is 0.252 e. The Hall–Kier alpha value is -3.47. The number of para-hydroxylation sites is 2. The lowest BCUT2D eigenvalue weighted by Crippen LogP contribution is -2.21. The summed E-state index contributed by atoms with van der Waals surface area (Å²) in [5.74, 6) is -0.252. The van der Waals surface area contributed by atoms with Crippen molar-refractivity contribution in [2.45, 2.75) is 6.42 Å². The largest absolute Gasteiger partial charge is 0.324 e. The lowest BCUT2D eigenvalue weighted by molar-refractivity contribution is -0.115. The van der Waals surface area contributed by atoms with Crippen LogP contribution in [0.1, 0.15) is 5.56 Å². The van der Waals surface area contributed by atoms with E-state index in [2.05, 4.69) is 15.3 Å². The molecule has 0 aliphatic rings. The molecule has 5 heteroatoms. The predicted molar refractivity (Wildman–Crippen MR) is 98.6 cm³/mol. The second-order valence-electron chi connectivity index (χ2n) is 5.85. The summed E-state index contributed by atoms with van der Waals surface area (Å²) in [6.07, 6.45) is 1.62. The first-order valence-corrected chi connectivity index (χ1v) is 7.95. The Morgan fingerprint density at radius 1 is 1.00 bits per heavy atom. The number of amides is 1. The molecule has 2 N–H and O–H groups in total. The molecule has 0 atom stereocenters. The van der Waals surface area contributed by atoms with E-state index in [9.17, 15) is 9.59 Å². The molecule has 5 nitrogen and oxygen atoms in total. The first kappa shape index (κ1) is 15.1. The molecular weight excluding hydrogens is 314 g/mol. The summed E-state index contributed by atoms with van der Waals surface area (Å²) < 4.78 is 0. The number of carbonyl (C=O) groups is 1. The molecule has 1 amide bonds. The molecule has 0 aliphatic carbocycles. The van der Waals surface area contributed by atoms with E-state index < -0.39 is 0 Å². The number of carbonyl (C=O) groups excluding carboxylic acids is 1. The van der Waals surface area contributed by atoms with E-state index in [-0.39, 0.29) is 17.9 Å². The molecular formula is C20H15N3O2. The second-order valence-corrected chi connectivity index (χ2v) is 5.85. The maximum absolute atomic E-state index is 12.3. The molecule has 4 rings (SSSR count). The standard InChI is InChI=1S/C20H15N3O2/c24-19(22-16-10-14-6-1-3-7-17(14)21-12-16)11-15-9-13-5-2-4-8-18(13)23-20(15)25/h1-10,12H,11H2,(H,22,24)(H,23,25). The van der Waals surface area contributed by atoms with Crippen LogP contribution in [0.4, 0.5) is 5.69 Å².